The lowest BCUT2D eigenvalue weighted by molar-refractivity contribution is 0.289. The molecule has 6 heteroatoms. The number of hydrogen-bond donors (Lipinski definition) is 0. The molecule has 0 aromatic heterocycles. The molecule has 0 fully saturated rings. The maximum Gasteiger partial charge on any atom is 0.161 e. The van der Waals surface area contributed by atoms with Gasteiger partial charge >= 0.3 is 0 Å². The maximum atomic E-state index is 5.99. The van der Waals surface area contributed by atoms with Crippen LogP contribution in [-0.2, 0) is 19.6 Å². The second-order valence-electron chi connectivity index (χ2n) is 14.9. The van der Waals surface area contributed by atoms with Crippen molar-refractivity contribution in [2.75, 3.05) is 34.9 Å². The minimum Gasteiger partial charge on any atom is -0.473 e. The van der Waals surface area contributed by atoms with Crippen LogP contribution in [-0.4, -0.2) is 20.2 Å². The van der Waals surface area contributed by atoms with Gasteiger partial charge in [-0.25, -0.2) is 0 Å². The molecule has 7 aromatic carbocycles. The molecule has 288 valence electrons. The molecule has 0 N–H and O–H groups in total. The summed E-state index contributed by atoms with van der Waals surface area (Å²) >= 11 is 0. The molecule has 0 saturated heterocycles. The number of nitrogens with zero attached hydrogens (tertiary/aromatic N) is 3. The Morgan fingerprint density at radius 1 is 0.300 bits per heavy atom. The first-order valence-corrected chi connectivity index (χ1v) is 20.0. The van der Waals surface area contributed by atoms with Gasteiger partial charge in [-0.3, -0.25) is 0 Å². The van der Waals surface area contributed by atoms with Crippen molar-refractivity contribution in [3.63, 3.8) is 0 Å². The third-order valence-electron chi connectivity index (χ3n) is 10.8. The second-order valence-corrected chi connectivity index (χ2v) is 14.9. The average Bonchev–Trinajstić information content (AvgIpc) is 3.32. The normalized spacial score (nSPS) is 13.5. The van der Waals surface area contributed by atoms with Gasteiger partial charge in [-0.2, -0.15) is 0 Å². The molecular weight excluding hydrogens is 739 g/mol. The van der Waals surface area contributed by atoms with Gasteiger partial charge in [0.25, 0.3) is 0 Å². The second kappa shape index (κ2) is 16.5. The van der Waals surface area contributed by atoms with E-state index >= 15 is 0 Å². The van der Waals surface area contributed by atoms with E-state index in [9.17, 15) is 0 Å². The van der Waals surface area contributed by atoms with E-state index in [1.807, 2.05) is 72.8 Å². The lowest BCUT2D eigenvalue weighted by Crippen LogP contribution is -2.31. The van der Waals surface area contributed by atoms with Crippen molar-refractivity contribution in [3.8, 4) is 52.8 Å². The van der Waals surface area contributed by atoms with Crippen LogP contribution in [0.25, 0.3) is 0 Å². The molecule has 0 bridgehead atoms. The highest BCUT2D eigenvalue weighted by Gasteiger charge is 2.19. The summed E-state index contributed by atoms with van der Waals surface area (Å²) in [7, 11) is 0. The average molecular weight is 778 g/mol. The van der Waals surface area contributed by atoms with Crippen LogP contribution < -0.4 is 28.9 Å². The Bertz CT molecular complexity index is 2560. The van der Waals surface area contributed by atoms with Crippen molar-refractivity contribution in [1.29, 1.82) is 0 Å². The highest BCUT2D eigenvalue weighted by molar-refractivity contribution is 5.59. The van der Waals surface area contributed by atoms with Crippen LogP contribution in [0.15, 0.2) is 164 Å². The van der Waals surface area contributed by atoms with Crippen LogP contribution in [0.5, 0.6) is 17.2 Å². The van der Waals surface area contributed by atoms with Crippen LogP contribution in [0.4, 0.5) is 17.1 Å². The Labute approximate surface area is 351 Å². The van der Waals surface area contributed by atoms with Gasteiger partial charge in [0.15, 0.2) is 20.2 Å². The highest BCUT2D eigenvalue weighted by atomic mass is 16.5. The summed E-state index contributed by atoms with van der Waals surface area (Å²) in [6.07, 6.45) is 0. The largest absolute Gasteiger partial charge is 0.473 e. The molecule has 10 rings (SSSR count). The molecule has 7 aromatic rings. The summed E-state index contributed by atoms with van der Waals surface area (Å²) in [5.74, 6) is 23.1. The number of fused-ring (bicyclic) bond motifs is 3. The van der Waals surface area contributed by atoms with Gasteiger partial charge in [0.2, 0.25) is 0 Å². The smallest absolute Gasteiger partial charge is 0.161 e. The van der Waals surface area contributed by atoms with E-state index in [1.54, 1.807) is 0 Å². The number of para-hydroxylation sites is 3. The number of ether oxygens (including phenoxy) is 3. The number of benzene rings is 7. The van der Waals surface area contributed by atoms with E-state index in [2.05, 4.69) is 141 Å². The van der Waals surface area contributed by atoms with E-state index < -0.39 is 0 Å². The molecule has 60 heavy (non-hydrogen) atoms. The van der Waals surface area contributed by atoms with Crippen molar-refractivity contribution in [3.05, 3.63) is 214 Å². The van der Waals surface area contributed by atoms with Crippen LogP contribution >= 0.6 is 0 Å². The fourth-order valence-electron chi connectivity index (χ4n) is 7.56. The molecule has 3 heterocycles. The minimum atomic E-state index is 0.513. The van der Waals surface area contributed by atoms with Gasteiger partial charge in [-0.1, -0.05) is 90.1 Å². The number of hydrogen-bond acceptors (Lipinski definition) is 6. The highest BCUT2D eigenvalue weighted by Crippen LogP contribution is 2.31. The molecule has 0 radical (unpaired) electrons. The van der Waals surface area contributed by atoms with Gasteiger partial charge in [-0.15, -0.1) is 0 Å². The summed E-state index contributed by atoms with van der Waals surface area (Å²) in [4.78, 5) is 6.66. The monoisotopic (exact) mass is 777 g/mol. The molecule has 0 unspecified atom stereocenters. The van der Waals surface area contributed by atoms with E-state index in [-0.39, 0.29) is 0 Å². The maximum absolute atomic E-state index is 5.99. The summed E-state index contributed by atoms with van der Waals surface area (Å²) < 4.78 is 18.0. The Hall–Kier alpha value is -7.98. The topological polar surface area (TPSA) is 37.4 Å². The zero-order valence-electron chi connectivity index (χ0n) is 32.9. The minimum absolute atomic E-state index is 0.513. The number of anilines is 3. The molecule has 0 spiro atoms. The van der Waals surface area contributed by atoms with Crippen LogP contribution in [0.2, 0.25) is 0 Å². The van der Waals surface area contributed by atoms with Crippen molar-refractivity contribution in [2.24, 2.45) is 0 Å². The standard InChI is InChI=1S/C54H39N3O3/c1-4-10-52-46(7-1)34-55(37-58-52)49-25-19-40(20-26-49)13-16-43-31-44(17-14-41-21-27-50(28-22-41)56-35-47-8-2-5-11-53(47)59-38-56)33-45(32-43)18-15-42-23-29-51(30-24-42)57-36-48-9-3-6-12-54(48)60-39-57/h1-12,19-33H,34-39H2. The Morgan fingerprint density at radius 3 is 0.867 bits per heavy atom. The van der Waals surface area contributed by atoms with Crippen LogP contribution in [0.1, 0.15) is 50.1 Å². The molecule has 0 saturated carbocycles. The van der Waals surface area contributed by atoms with E-state index in [1.165, 1.54) is 16.7 Å². The first kappa shape index (κ1) is 36.4. The summed E-state index contributed by atoms with van der Waals surface area (Å²) in [6, 6.07) is 55.7. The summed E-state index contributed by atoms with van der Waals surface area (Å²) in [6.45, 7) is 3.95. The van der Waals surface area contributed by atoms with Gasteiger partial charge in [0.1, 0.15) is 17.2 Å². The fourth-order valence-corrected chi connectivity index (χ4v) is 7.56. The predicted molar refractivity (Wildman–Crippen MR) is 238 cm³/mol. The lowest BCUT2D eigenvalue weighted by atomic mass is 10.0. The van der Waals surface area contributed by atoms with Gasteiger partial charge < -0.3 is 28.9 Å². The summed E-state index contributed by atoms with van der Waals surface area (Å²) in [5.41, 5.74) is 12.1. The quantitative estimate of drug-likeness (QED) is 0.167. The molecule has 0 aliphatic carbocycles. The first-order chi connectivity index (χ1) is 29.6. The zero-order chi connectivity index (χ0) is 40.1. The molecule has 3 aliphatic rings. The van der Waals surface area contributed by atoms with Crippen molar-refractivity contribution >= 4 is 17.1 Å². The summed E-state index contributed by atoms with van der Waals surface area (Å²) in [5, 5.41) is 0. The van der Waals surface area contributed by atoms with Crippen LogP contribution in [0, 0.1) is 35.5 Å². The molecule has 0 atom stereocenters. The van der Waals surface area contributed by atoms with Gasteiger partial charge in [0.05, 0.1) is 0 Å². The molecule has 3 aliphatic heterocycles. The lowest BCUT2D eigenvalue weighted by Gasteiger charge is -2.30. The van der Waals surface area contributed by atoms with Gasteiger partial charge in [0, 0.05) is 86.8 Å². The van der Waals surface area contributed by atoms with Crippen LogP contribution in [0.3, 0.4) is 0 Å². The fraction of sp³-hybridized carbons (Fsp3) is 0.111. The Balaban J connectivity index is 0.887. The molecular formula is C54H39N3O3. The first-order valence-electron chi connectivity index (χ1n) is 20.0. The van der Waals surface area contributed by atoms with Crippen molar-refractivity contribution < 1.29 is 14.2 Å². The molecule has 6 nitrogen and oxygen atoms in total. The third-order valence-corrected chi connectivity index (χ3v) is 10.8. The van der Waals surface area contributed by atoms with E-state index in [0.717, 1.165) is 87.3 Å². The molecule has 0 amide bonds. The third kappa shape index (κ3) is 8.21. The zero-order valence-corrected chi connectivity index (χ0v) is 32.9. The van der Waals surface area contributed by atoms with E-state index in [4.69, 9.17) is 14.2 Å². The Morgan fingerprint density at radius 2 is 0.567 bits per heavy atom. The van der Waals surface area contributed by atoms with Gasteiger partial charge in [-0.05, 0) is 109 Å². The van der Waals surface area contributed by atoms with E-state index in [0.29, 0.717) is 20.2 Å². The number of rotatable bonds is 3. The van der Waals surface area contributed by atoms with Crippen molar-refractivity contribution in [1.82, 2.24) is 0 Å². The van der Waals surface area contributed by atoms with Crippen molar-refractivity contribution in [2.45, 2.75) is 19.6 Å². The predicted octanol–water partition coefficient (Wildman–Crippen LogP) is 9.96. The SMILES string of the molecule is C(#Cc1cc(C#Cc2ccc(N3COc4ccccc4C3)cc2)cc(C#Cc2ccc(N3COc4ccccc4C3)cc2)c1)c1ccc(N2COc3ccccc3C2)cc1. The Kier molecular flexibility index (Phi) is 9.99.